The zero-order valence-electron chi connectivity index (χ0n) is 16.1. The predicted molar refractivity (Wildman–Crippen MR) is 102 cm³/mol. The molecule has 0 saturated heterocycles. The molecule has 0 aliphatic heterocycles. The first-order valence-electron chi connectivity index (χ1n) is 10.6. The molecule has 2 N–H and O–H groups in total. The molecular weight excluding hydrogens is 300 g/mol. The lowest BCUT2D eigenvalue weighted by atomic mass is 10.0. The molecule has 0 fully saturated rings. The maximum absolute atomic E-state index is 10.4. The Morgan fingerprint density at radius 3 is 1.46 bits per heavy atom. The van der Waals surface area contributed by atoms with Crippen LogP contribution in [0.2, 0.25) is 0 Å². The van der Waals surface area contributed by atoms with E-state index in [2.05, 4.69) is 6.92 Å². The van der Waals surface area contributed by atoms with E-state index >= 15 is 0 Å². The Balaban J connectivity index is 3.16. The maximum Gasteiger partial charge on any atom is 0.303 e. The SMILES string of the molecule is CCCCCCCCCCCC(O)CCCCCCCCC(=O)O. The first kappa shape index (κ1) is 23.4. The number of hydrogen-bond acceptors (Lipinski definition) is 2. The second kappa shape index (κ2) is 18.8. The highest BCUT2D eigenvalue weighted by Crippen LogP contribution is 2.15. The van der Waals surface area contributed by atoms with Crippen molar-refractivity contribution >= 4 is 5.97 Å². The molecule has 0 rings (SSSR count). The normalized spacial score (nSPS) is 12.4. The quantitative estimate of drug-likeness (QED) is 0.264. The van der Waals surface area contributed by atoms with Crippen molar-refractivity contribution in [1.82, 2.24) is 0 Å². The van der Waals surface area contributed by atoms with Gasteiger partial charge in [-0.1, -0.05) is 96.8 Å². The highest BCUT2D eigenvalue weighted by atomic mass is 16.4. The minimum absolute atomic E-state index is 0.110. The van der Waals surface area contributed by atoms with E-state index in [-0.39, 0.29) is 6.10 Å². The second-order valence-corrected chi connectivity index (χ2v) is 7.32. The predicted octanol–water partition coefficient (Wildman–Crippen LogP) is 6.47. The van der Waals surface area contributed by atoms with Gasteiger partial charge < -0.3 is 10.2 Å². The van der Waals surface area contributed by atoms with Crippen LogP contribution in [-0.2, 0) is 4.79 Å². The Morgan fingerprint density at radius 2 is 1.04 bits per heavy atom. The third kappa shape index (κ3) is 19.5. The summed E-state index contributed by atoms with van der Waals surface area (Å²) in [4.78, 5) is 10.4. The Morgan fingerprint density at radius 1 is 0.667 bits per heavy atom. The summed E-state index contributed by atoms with van der Waals surface area (Å²) < 4.78 is 0. The molecule has 0 aromatic heterocycles. The van der Waals surface area contributed by atoms with Gasteiger partial charge in [0, 0.05) is 6.42 Å². The molecule has 3 heteroatoms. The molecule has 0 aromatic rings. The summed E-state index contributed by atoms with van der Waals surface area (Å²) >= 11 is 0. The van der Waals surface area contributed by atoms with E-state index in [9.17, 15) is 9.90 Å². The van der Waals surface area contributed by atoms with Crippen molar-refractivity contribution in [2.75, 3.05) is 0 Å². The summed E-state index contributed by atoms with van der Waals surface area (Å²) in [7, 11) is 0. The van der Waals surface area contributed by atoms with Crippen molar-refractivity contribution < 1.29 is 15.0 Å². The number of carbonyl (C=O) groups is 1. The highest BCUT2D eigenvalue weighted by Gasteiger charge is 2.04. The molecule has 1 atom stereocenters. The van der Waals surface area contributed by atoms with Gasteiger partial charge in [-0.2, -0.15) is 0 Å². The molecule has 24 heavy (non-hydrogen) atoms. The number of hydrogen-bond donors (Lipinski definition) is 2. The Kier molecular flexibility index (Phi) is 18.3. The van der Waals surface area contributed by atoms with Gasteiger partial charge in [0.2, 0.25) is 0 Å². The van der Waals surface area contributed by atoms with Crippen LogP contribution >= 0.6 is 0 Å². The molecule has 0 amide bonds. The lowest BCUT2D eigenvalue weighted by Crippen LogP contribution is -2.05. The average Bonchev–Trinajstić information content (AvgIpc) is 2.55. The van der Waals surface area contributed by atoms with Gasteiger partial charge in [0.05, 0.1) is 6.10 Å². The van der Waals surface area contributed by atoms with Gasteiger partial charge in [-0.05, 0) is 19.3 Å². The molecule has 0 saturated carbocycles. The van der Waals surface area contributed by atoms with E-state index in [4.69, 9.17) is 5.11 Å². The van der Waals surface area contributed by atoms with Crippen LogP contribution in [0.5, 0.6) is 0 Å². The van der Waals surface area contributed by atoms with Crippen molar-refractivity contribution in [1.29, 1.82) is 0 Å². The zero-order valence-corrected chi connectivity index (χ0v) is 16.1. The molecule has 3 nitrogen and oxygen atoms in total. The third-order valence-corrected chi connectivity index (χ3v) is 4.82. The van der Waals surface area contributed by atoms with E-state index in [1.165, 1.54) is 70.6 Å². The maximum atomic E-state index is 10.4. The number of unbranched alkanes of at least 4 members (excludes halogenated alkanes) is 13. The lowest BCUT2D eigenvalue weighted by Gasteiger charge is -2.10. The van der Waals surface area contributed by atoms with Crippen LogP contribution < -0.4 is 0 Å². The Hall–Kier alpha value is -0.570. The molecule has 0 heterocycles. The minimum atomic E-state index is -0.686. The fourth-order valence-corrected chi connectivity index (χ4v) is 3.20. The van der Waals surface area contributed by atoms with Crippen molar-refractivity contribution in [3.63, 3.8) is 0 Å². The lowest BCUT2D eigenvalue weighted by molar-refractivity contribution is -0.137. The van der Waals surface area contributed by atoms with E-state index in [0.717, 1.165) is 38.5 Å². The number of aliphatic hydroxyl groups excluding tert-OH is 1. The zero-order chi connectivity index (χ0) is 17.9. The molecule has 0 spiro atoms. The van der Waals surface area contributed by atoms with Crippen LogP contribution in [0.4, 0.5) is 0 Å². The molecule has 1 unspecified atom stereocenters. The fourth-order valence-electron chi connectivity index (χ4n) is 3.20. The van der Waals surface area contributed by atoms with E-state index in [1.807, 2.05) is 0 Å². The van der Waals surface area contributed by atoms with Gasteiger partial charge in [-0.15, -0.1) is 0 Å². The van der Waals surface area contributed by atoms with Gasteiger partial charge >= 0.3 is 5.97 Å². The molecule has 0 aliphatic carbocycles. The van der Waals surface area contributed by atoms with Crippen molar-refractivity contribution in [3.05, 3.63) is 0 Å². The molecule has 0 aliphatic rings. The van der Waals surface area contributed by atoms with Gasteiger partial charge in [-0.3, -0.25) is 4.79 Å². The smallest absolute Gasteiger partial charge is 0.303 e. The summed E-state index contributed by atoms with van der Waals surface area (Å²) in [6.45, 7) is 2.26. The molecular formula is C21H42O3. The van der Waals surface area contributed by atoms with Crippen LogP contribution in [0.25, 0.3) is 0 Å². The topological polar surface area (TPSA) is 57.5 Å². The number of carboxylic acids is 1. The van der Waals surface area contributed by atoms with E-state index in [1.54, 1.807) is 0 Å². The van der Waals surface area contributed by atoms with E-state index < -0.39 is 5.97 Å². The summed E-state index contributed by atoms with van der Waals surface area (Å²) in [5.74, 6) is -0.686. The largest absolute Gasteiger partial charge is 0.481 e. The van der Waals surface area contributed by atoms with Gasteiger partial charge in [-0.25, -0.2) is 0 Å². The standard InChI is InChI=1S/C21H42O3/c1-2-3-4-5-6-7-8-11-14-17-20(22)18-15-12-9-10-13-16-19-21(23)24/h20,22H,2-19H2,1H3,(H,23,24). The number of aliphatic carboxylic acids is 1. The van der Waals surface area contributed by atoms with Crippen molar-refractivity contribution in [3.8, 4) is 0 Å². The first-order valence-corrected chi connectivity index (χ1v) is 10.6. The van der Waals surface area contributed by atoms with Crippen LogP contribution in [0.3, 0.4) is 0 Å². The Bertz CT molecular complexity index is 266. The highest BCUT2D eigenvalue weighted by molar-refractivity contribution is 5.66. The van der Waals surface area contributed by atoms with Crippen LogP contribution in [-0.4, -0.2) is 22.3 Å². The molecule has 0 radical (unpaired) electrons. The van der Waals surface area contributed by atoms with Crippen LogP contribution in [0.15, 0.2) is 0 Å². The van der Waals surface area contributed by atoms with Crippen LogP contribution in [0, 0.1) is 0 Å². The minimum Gasteiger partial charge on any atom is -0.481 e. The van der Waals surface area contributed by atoms with Gasteiger partial charge in [0.15, 0.2) is 0 Å². The fraction of sp³-hybridized carbons (Fsp3) is 0.952. The summed E-state index contributed by atoms with van der Waals surface area (Å²) in [5, 5.41) is 18.5. The average molecular weight is 343 g/mol. The summed E-state index contributed by atoms with van der Waals surface area (Å²) in [6.07, 6.45) is 20.5. The monoisotopic (exact) mass is 342 g/mol. The Labute approximate surface area is 150 Å². The third-order valence-electron chi connectivity index (χ3n) is 4.82. The first-order chi connectivity index (χ1) is 11.7. The number of rotatable bonds is 19. The number of carboxylic acid groups (broad SMARTS) is 1. The van der Waals surface area contributed by atoms with Crippen LogP contribution in [0.1, 0.15) is 122 Å². The molecule has 0 aromatic carbocycles. The van der Waals surface area contributed by atoms with Crippen molar-refractivity contribution in [2.45, 2.75) is 129 Å². The molecule has 144 valence electrons. The van der Waals surface area contributed by atoms with Crippen molar-refractivity contribution in [2.24, 2.45) is 0 Å². The van der Waals surface area contributed by atoms with E-state index in [0.29, 0.717) is 6.42 Å². The van der Waals surface area contributed by atoms with Gasteiger partial charge in [0.1, 0.15) is 0 Å². The van der Waals surface area contributed by atoms with Gasteiger partial charge in [0.25, 0.3) is 0 Å². The number of aliphatic hydroxyl groups is 1. The second-order valence-electron chi connectivity index (χ2n) is 7.32. The summed E-state index contributed by atoms with van der Waals surface area (Å²) in [6, 6.07) is 0. The molecule has 0 bridgehead atoms. The summed E-state index contributed by atoms with van der Waals surface area (Å²) in [5.41, 5.74) is 0.